The lowest BCUT2D eigenvalue weighted by molar-refractivity contribution is -0.145. The van der Waals surface area contributed by atoms with Gasteiger partial charge in [0.05, 0.1) is 45.5 Å². The van der Waals surface area contributed by atoms with Crippen LogP contribution in [-0.4, -0.2) is 55.1 Å². The molecule has 2 atom stereocenters. The number of amides is 1. The molecule has 1 saturated carbocycles. The summed E-state index contributed by atoms with van der Waals surface area (Å²) in [6.07, 6.45) is 1.48. The molecule has 39 heavy (non-hydrogen) atoms. The summed E-state index contributed by atoms with van der Waals surface area (Å²) in [5, 5.41) is 15.4. The Bertz CT molecular complexity index is 1530. The quantitative estimate of drug-likeness (QED) is 0.358. The summed E-state index contributed by atoms with van der Waals surface area (Å²) in [7, 11) is 0. The lowest BCUT2D eigenvalue weighted by atomic mass is 9.75. The van der Waals surface area contributed by atoms with Crippen LogP contribution in [0.2, 0.25) is 0 Å². The van der Waals surface area contributed by atoms with Crippen LogP contribution in [0.5, 0.6) is 0 Å². The van der Waals surface area contributed by atoms with Crippen molar-refractivity contribution in [2.45, 2.75) is 56.1 Å². The van der Waals surface area contributed by atoms with E-state index in [9.17, 15) is 23.5 Å². The van der Waals surface area contributed by atoms with Crippen LogP contribution in [0.3, 0.4) is 0 Å². The highest BCUT2D eigenvalue weighted by atomic mass is 32.1. The van der Waals surface area contributed by atoms with Gasteiger partial charge in [-0.15, -0.1) is 22.7 Å². The fourth-order valence-electron chi connectivity index (χ4n) is 5.87. The number of thiazole rings is 1. The van der Waals surface area contributed by atoms with E-state index in [1.807, 2.05) is 30.3 Å². The topological polar surface area (TPSA) is 88.3 Å². The number of piperidine rings is 1. The van der Waals surface area contributed by atoms with Crippen molar-refractivity contribution in [2.75, 3.05) is 13.1 Å². The zero-order chi connectivity index (χ0) is 27.2. The summed E-state index contributed by atoms with van der Waals surface area (Å²) in [5.74, 6) is -4.13. The second kappa shape index (κ2) is 10.2. The maximum atomic E-state index is 14.2. The second-order valence-corrected chi connectivity index (χ2v) is 12.2. The van der Waals surface area contributed by atoms with Crippen LogP contribution in [0.1, 0.15) is 43.7 Å². The number of aromatic nitrogens is 3. The maximum Gasteiger partial charge on any atom is 0.262 e. The number of carbonyl (C=O) groups is 1. The van der Waals surface area contributed by atoms with E-state index in [0.717, 1.165) is 10.4 Å². The van der Waals surface area contributed by atoms with E-state index in [1.165, 1.54) is 33.6 Å². The van der Waals surface area contributed by atoms with Gasteiger partial charge in [-0.1, -0.05) is 30.3 Å². The van der Waals surface area contributed by atoms with E-state index in [0.29, 0.717) is 29.7 Å². The van der Waals surface area contributed by atoms with Crippen molar-refractivity contribution in [1.29, 1.82) is 0 Å². The Kier molecular flexibility index (Phi) is 6.84. The number of hydrogen-bond acceptors (Lipinski definition) is 7. The molecule has 1 saturated heterocycles. The first-order chi connectivity index (χ1) is 18.7. The normalized spacial score (nSPS) is 22.7. The third kappa shape index (κ3) is 5.15. The Balaban J connectivity index is 1.15. The molecular formula is C28H28F2N4O3S2. The maximum absolute atomic E-state index is 14.2. The number of rotatable bonds is 5. The van der Waals surface area contributed by atoms with Crippen LogP contribution >= 0.6 is 22.7 Å². The Morgan fingerprint density at radius 3 is 2.59 bits per heavy atom. The van der Waals surface area contributed by atoms with Crippen molar-refractivity contribution < 1.29 is 18.7 Å². The van der Waals surface area contributed by atoms with Crippen LogP contribution in [0.4, 0.5) is 8.78 Å². The van der Waals surface area contributed by atoms with E-state index in [1.54, 1.807) is 21.2 Å². The van der Waals surface area contributed by atoms with Crippen LogP contribution in [0, 0.1) is 5.92 Å². The van der Waals surface area contributed by atoms with Crippen molar-refractivity contribution in [3.63, 3.8) is 0 Å². The molecule has 1 aliphatic carbocycles. The third-order valence-corrected chi connectivity index (χ3v) is 9.69. The minimum absolute atomic E-state index is 0.0738. The molecule has 6 rings (SSSR count). The van der Waals surface area contributed by atoms with Gasteiger partial charge in [-0.05, 0) is 24.8 Å². The Hall–Kier alpha value is -3.02. The minimum atomic E-state index is -2.81. The van der Waals surface area contributed by atoms with Crippen molar-refractivity contribution in [3.8, 4) is 10.4 Å². The van der Waals surface area contributed by atoms with Crippen molar-refractivity contribution in [1.82, 2.24) is 19.4 Å². The second-order valence-electron chi connectivity index (χ2n) is 10.6. The lowest BCUT2D eigenvalue weighted by Crippen LogP contribution is -2.52. The number of benzene rings is 1. The molecule has 3 aromatic heterocycles. The van der Waals surface area contributed by atoms with Gasteiger partial charge in [0.25, 0.3) is 5.56 Å². The zero-order valence-electron chi connectivity index (χ0n) is 21.1. The van der Waals surface area contributed by atoms with Gasteiger partial charge < -0.3 is 10.0 Å². The van der Waals surface area contributed by atoms with Crippen LogP contribution < -0.4 is 5.56 Å². The van der Waals surface area contributed by atoms with E-state index in [-0.39, 0.29) is 50.1 Å². The van der Waals surface area contributed by atoms with Crippen molar-refractivity contribution in [2.24, 2.45) is 5.92 Å². The summed E-state index contributed by atoms with van der Waals surface area (Å²) in [6, 6.07) is 9.78. The zero-order valence-corrected chi connectivity index (χ0v) is 22.8. The van der Waals surface area contributed by atoms with Gasteiger partial charge in [0, 0.05) is 48.5 Å². The molecule has 11 heteroatoms. The van der Waals surface area contributed by atoms with E-state index >= 15 is 0 Å². The average Bonchev–Trinajstić information content (AvgIpc) is 3.61. The highest BCUT2D eigenvalue weighted by Crippen LogP contribution is 2.46. The molecular weight excluding hydrogens is 542 g/mol. The lowest BCUT2D eigenvalue weighted by Gasteiger charge is -2.42. The van der Waals surface area contributed by atoms with Crippen LogP contribution in [0.15, 0.2) is 57.7 Å². The number of aliphatic hydroxyl groups is 1. The number of alkyl halides is 2. The Morgan fingerprint density at radius 2 is 1.87 bits per heavy atom. The van der Waals surface area contributed by atoms with Crippen LogP contribution in [-0.2, 0) is 11.3 Å². The molecule has 4 aromatic rings. The SMILES string of the molecule is O=C([C@H]1CCC(F)(F)C[C@@H]1c1cscn1)N1CCC(O)(Cn2cnc3c(-c4ccccc4)scc3c2=O)CC1. The number of halogens is 2. The molecule has 204 valence electrons. The molecule has 2 aliphatic rings. The van der Waals surface area contributed by atoms with Gasteiger partial charge in [-0.2, -0.15) is 0 Å². The fraction of sp³-hybridized carbons (Fsp3) is 0.429. The standard InChI is InChI=1S/C28H28F2N4O3S2/c29-28(30)7-6-19(20(12-28)22-14-38-17-32-22)25(35)33-10-8-27(37,9-11-33)15-34-16-31-23-21(26(34)36)13-39-24(23)18-4-2-1-3-5-18/h1-5,13-14,16-17,19-20,37H,6-12,15H2/t19-,20-/m0/s1. The molecule has 0 unspecified atom stereocenters. The largest absolute Gasteiger partial charge is 0.388 e. The van der Waals surface area contributed by atoms with Crippen molar-refractivity contribution >= 4 is 39.5 Å². The number of carbonyl (C=O) groups excluding carboxylic acids is 1. The molecule has 1 amide bonds. The number of likely N-dealkylation sites (tertiary alicyclic amines) is 1. The minimum Gasteiger partial charge on any atom is -0.388 e. The molecule has 1 N–H and O–H groups in total. The first-order valence-corrected chi connectivity index (χ1v) is 14.8. The van der Waals surface area contributed by atoms with Gasteiger partial charge in [0.2, 0.25) is 11.8 Å². The Labute approximate surface area is 231 Å². The molecule has 2 fully saturated rings. The highest BCUT2D eigenvalue weighted by molar-refractivity contribution is 7.15. The third-order valence-electron chi connectivity index (χ3n) is 8.06. The number of hydrogen-bond donors (Lipinski definition) is 1. The van der Waals surface area contributed by atoms with E-state index in [2.05, 4.69) is 9.97 Å². The molecule has 0 radical (unpaired) electrons. The number of fused-ring (bicyclic) bond motifs is 1. The first-order valence-electron chi connectivity index (χ1n) is 13.0. The van der Waals surface area contributed by atoms with Gasteiger partial charge in [0.1, 0.15) is 0 Å². The summed E-state index contributed by atoms with van der Waals surface area (Å²) in [4.78, 5) is 38.1. The smallest absolute Gasteiger partial charge is 0.262 e. The van der Waals surface area contributed by atoms with Gasteiger partial charge >= 0.3 is 0 Å². The number of nitrogens with zero attached hydrogens (tertiary/aromatic N) is 4. The molecule has 7 nitrogen and oxygen atoms in total. The molecule has 1 aromatic carbocycles. The predicted molar refractivity (Wildman–Crippen MR) is 147 cm³/mol. The summed E-state index contributed by atoms with van der Waals surface area (Å²) in [6.45, 7) is 0.671. The molecule has 0 spiro atoms. The van der Waals surface area contributed by atoms with E-state index < -0.39 is 23.4 Å². The van der Waals surface area contributed by atoms with Gasteiger partial charge in [-0.3, -0.25) is 14.2 Å². The van der Waals surface area contributed by atoms with Gasteiger partial charge in [-0.25, -0.2) is 18.7 Å². The monoisotopic (exact) mass is 570 g/mol. The molecule has 1 aliphatic heterocycles. The van der Waals surface area contributed by atoms with E-state index in [4.69, 9.17) is 0 Å². The van der Waals surface area contributed by atoms with Gasteiger partial charge in [0.15, 0.2) is 0 Å². The molecule has 0 bridgehead atoms. The Morgan fingerprint density at radius 1 is 1.10 bits per heavy atom. The summed E-state index contributed by atoms with van der Waals surface area (Å²) >= 11 is 2.81. The number of thiophene rings is 1. The molecule has 4 heterocycles. The first kappa shape index (κ1) is 26.2. The summed E-state index contributed by atoms with van der Waals surface area (Å²) < 4.78 is 29.9. The predicted octanol–water partition coefficient (Wildman–Crippen LogP) is 5.15. The average molecular weight is 571 g/mol. The van der Waals surface area contributed by atoms with Crippen molar-refractivity contribution in [3.05, 3.63) is 69.0 Å². The highest BCUT2D eigenvalue weighted by Gasteiger charge is 2.47. The van der Waals surface area contributed by atoms with Crippen LogP contribution in [0.25, 0.3) is 21.3 Å². The fourth-order valence-corrected chi connectivity index (χ4v) is 7.48. The summed E-state index contributed by atoms with van der Waals surface area (Å²) in [5.41, 5.74) is 2.42.